The van der Waals surface area contributed by atoms with Crippen LogP contribution in [0.2, 0.25) is 0 Å². The SMILES string of the molecule is CNC(Cc1nccs1)C1CCCCS1(=O)=O. The molecule has 0 spiro atoms. The third-order valence-corrected chi connectivity index (χ3v) is 6.47. The molecule has 1 fully saturated rings. The Hall–Kier alpha value is -0.460. The summed E-state index contributed by atoms with van der Waals surface area (Å²) in [5.74, 6) is 0.341. The van der Waals surface area contributed by atoms with E-state index in [1.165, 1.54) is 0 Å². The number of rotatable bonds is 4. The lowest BCUT2D eigenvalue weighted by Crippen LogP contribution is -2.46. The first kappa shape index (κ1) is 13.0. The first-order valence-corrected chi connectivity index (χ1v) is 8.50. The Morgan fingerprint density at radius 2 is 2.41 bits per heavy atom. The van der Waals surface area contributed by atoms with E-state index >= 15 is 0 Å². The summed E-state index contributed by atoms with van der Waals surface area (Å²) < 4.78 is 24.1. The number of aromatic nitrogens is 1. The van der Waals surface area contributed by atoms with Crippen molar-refractivity contribution >= 4 is 21.2 Å². The van der Waals surface area contributed by atoms with Crippen LogP contribution in [0.4, 0.5) is 0 Å². The van der Waals surface area contributed by atoms with Crippen LogP contribution in [-0.4, -0.2) is 37.5 Å². The molecule has 2 heterocycles. The van der Waals surface area contributed by atoms with E-state index in [0.717, 1.165) is 24.3 Å². The molecule has 6 heteroatoms. The Morgan fingerprint density at radius 3 is 3.00 bits per heavy atom. The van der Waals surface area contributed by atoms with E-state index in [2.05, 4.69) is 10.3 Å². The minimum absolute atomic E-state index is 0.00792. The van der Waals surface area contributed by atoms with Gasteiger partial charge < -0.3 is 5.32 Å². The summed E-state index contributed by atoms with van der Waals surface area (Å²) in [5.41, 5.74) is 0. The maximum atomic E-state index is 12.1. The zero-order chi connectivity index (χ0) is 12.3. The van der Waals surface area contributed by atoms with Crippen LogP contribution in [0.1, 0.15) is 24.3 Å². The zero-order valence-corrected chi connectivity index (χ0v) is 11.6. The first-order valence-electron chi connectivity index (χ1n) is 5.90. The lowest BCUT2D eigenvalue weighted by molar-refractivity contribution is 0.456. The summed E-state index contributed by atoms with van der Waals surface area (Å²) in [6, 6.07) is -0.00792. The lowest BCUT2D eigenvalue weighted by Gasteiger charge is -2.29. The fourth-order valence-corrected chi connectivity index (χ4v) is 5.24. The van der Waals surface area contributed by atoms with Crippen molar-refractivity contribution in [1.82, 2.24) is 10.3 Å². The summed E-state index contributed by atoms with van der Waals surface area (Å²) in [6.07, 6.45) is 5.08. The van der Waals surface area contributed by atoms with E-state index in [4.69, 9.17) is 0 Å². The van der Waals surface area contributed by atoms with E-state index in [1.54, 1.807) is 17.5 Å². The Kier molecular flexibility index (Phi) is 4.17. The maximum Gasteiger partial charge on any atom is 0.154 e. The predicted octanol–water partition coefficient (Wildman–Crippen LogP) is 1.24. The molecule has 96 valence electrons. The van der Waals surface area contributed by atoms with Gasteiger partial charge >= 0.3 is 0 Å². The van der Waals surface area contributed by atoms with Gasteiger partial charge in [-0.05, 0) is 19.9 Å². The van der Waals surface area contributed by atoms with Crippen LogP contribution in [0, 0.1) is 0 Å². The fourth-order valence-electron chi connectivity index (χ4n) is 2.39. The average molecular weight is 274 g/mol. The van der Waals surface area contributed by atoms with E-state index in [-0.39, 0.29) is 11.3 Å². The number of nitrogens with zero attached hydrogens (tertiary/aromatic N) is 1. The molecule has 1 saturated heterocycles. The standard InChI is InChI=1S/C11H18N2O2S2/c1-12-9(8-11-13-5-6-16-11)10-4-2-3-7-17(10,14)15/h5-6,9-10,12H,2-4,7-8H2,1H3. The van der Waals surface area contributed by atoms with Crippen molar-refractivity contribution in [2.75, 3.05) is 12.8 Å². The topological polar surface area (TPSA) is 59.1 Å². The molecule has 0 saturated carbocycles. The summed E-state index contributed by atoms with van der Waals surface area (Å²) in [6.45, 7) is 0. The monoisotopic (exact) mass is 274 g/mol. The van der Waals surface area contributed by atoms with Crippen LogP contribution in [0.5, 0.6) is 0 Å². The zero-order valence-electron chi connectivity index (χ0n) is 9.93. The van der Waals surface area contributed by atoms with Crippen molar-refractivity contribution in [3.05, 3.63) is 16.6 Å². The average Bonchev–Trinajstić information content (AvgIpc) is 2.79. The van der Waals surface area contributed by atoms with Crippen molar-refractivity contribution < 1.29 is 8.42 Å². The highest BCUT2D eigenvalue weighted by molar-refractivity contribution is 7.92. The molecule has 2 atom stereocenters. The Balaban J connectivity index is 2.12. The predicted molar refractivity (Wildman–Crippen MR) is 70.1 cm³/mol. The van der Waals surface area contributed by atoms with Crippen LogP contribution >= 0.6 is 11.3 Å². The van der Waals surface area contributed by atoms with Gasteiger partial charge in [-0.25, -0.2) is 13.4 Å². The maximum absolute atomic E-state index is 12.1. The third-order valence-electron chi connectivity index (χ3n) is 3.33. The molecule has 2 rings (SSSR count). The van der Waals surface area contributed by atoms with Crippen LogP contribution in [0.25, 0.3) is 0 Å². The number of nitrogens with one attached hydrogen (secondary N) is 1. The van der Waals surface area contributed by atoms with E-state index in [9.17, 15) is 8.42 Å². The molecule has 0 aromatic carbocycles. The highest BCUT2D eigenvalue weighted by atomic mass is 32.2. The van der Waals surface area contributed by atoms with Crippen molar-refractivity contribution in [3.8, 4) is 0 Å². The molecule has 1 N–H and O–H groups in total. The first-order chi connectivity index (χ1) is 8.13. The highest BCUT2D eigenvalue weighted by Crippen LogP contribution is 2.24. The highest BCUT2D eigenvalue weighted by Gasteiger charge is 2.35. The van der Waals surface area contributed by atoms with E-state index < -0.39 is 9.84 Å². The Bertz CT molecular complexity index is 442. The van der Waals surface area contributed by atoms with Crippen molar-refractivity contribution in [1.29, 1.82) is 0 Å². The number of hydrogen-bond donors (Lipinski definition) is 1. The lowest BCUT2D eigenvalue weighted by atomic mass is 10.0. The van der Waals surface area contributed by atoms with E-state index in [0.29, 0.717) is 12.2 Å². The number of sulfone groups is 1. The molecule has 2 unspecified atom stereocenters. The summed E-state index contributed by atoms with van der Waals surface area (Å²) in [5, 5.41) is 5.84. The fraction of sp³-hybridized carbons (Fsp3) is 0.727. The van der Waals surface area contributed by atoms with Crippen molar-refractivity contribution in [3.63, 3.8) is 0 Å². The van der Waals surface area contributed by atoms with Crippen molar-refractivity contribution in [2.45, 2.75) is 37.0 Å². The number of hydrogen-bond acceptors (Lipinski definition) is 5. The summed E-state index contributed by atoms with van der Waals surface area (Å²) in [7, 11) is -1.09. The molecular formula is C11H18N2O2S2. The third kappa shape index (κ3) is 3.05. The van der Waals surface area contributed by atoms with Gasteiger partial charge in [-0.2, -0.15) is 0 Å². The molecule has 17 heavy (non-hydrogen) atoms. The van der Waals surface area contributed by atoms with Gasteiger partial charge in [-0.1, -0.05) is 6.42 Å². The van der Waals surface area contributed by atoms with Gasteiger partial charge in [0.25, 0.3) is 0 Å². The minimum Gasteiger partial charge on any atom is -0.315 e. The van der Waals surface area contributed by atoms with Crippen LogP contribution in [0.3, 0.4) is 0 Å². The van der Waals surface area contributed by atoms with Crippen molar-refractivity contribution in [2.24, 2.45) is 0 Å². The molecule has 1 aromatic heterocycles. The molecule has 0 bridgehead atoms. The normalized spacial score (nSPS) is 25.6. The molecular weight excluding hydrogens is 256 g/mol. The molecule has 4 nitrogen and oxygen atoms in total. The second-order valence-electron chi connectivity index (χ2n) is 4.43. The van der Waals surface area contributed by atoms with Gasteiger partial charge in [0.2, 0.25) is 0 Å². The van der Waals surface area contributed by atoms with Crippen LogP contribution < -0.4 is 5.32 Å². The smallest absolute Gasteiger partial charge is 0.154 e. The number of likely N-dealkylation sites (N-methyl/N-ethyl adjacent to an activating group) is 1. The second-order valence-corrected chi connectivity index (χ2v) is 7.74. The van der Waals surface area contributed by atoms with Gasteiger partial charge in [0.1, 0.15) is 0 Å². The second kappa shape index (κ2) is 5.46. The van der Waals surface area contributed by atoms with Gasteiger partial charge in [-0.15, -0.1) is 11.3 Å². The van der Waals surface area contributed by atoms with Gasteiger partial charge in [0, 0.05) is 24.0 Å². The van der Waals surface area contributed by atoms with Crippen LogP contribution in [-0.2, 0) is 16.3 Å². The van der Waals surface area contributed by atoms with Crippen LogP contribution in [0.15, 0.2) is 11.6 Å². The minimum atomic E-state index is -2.92. The van der Waals surface area contributed by atoms with Gasteiger partial charge in [0.15, 0.2) is 9.84 Å². The Labute approximate surface area is 106 Å². The van der Waals surface area contributed by atoms with Gasteiger partial charge in [-0.3, -0.25) is 0 Å². The molecule has 0 aliphatic carbocycles. The quantitative estimate of drug-likeness (QED) is 0.897. The molecule has 1 aliphatic heterocycles. The Morgan fingerprint density at radius 1 is 1.59 bits per heavy atom. The molecule has 1 aromatic rings. The van der Waals surface area contributed by atoms with Gasteiger partial charge in [0.05, 0.1) is 16.0 Å². The molecule has 0 radical (unpaired) electrons. The largest absolute Gasteiger partial charge is 0.315 e. The molecule has 1 aliphatic rings. The summed E-state index contributed by atoms with van der Waals surface area (Å²) >= 11 is 1.58. The molecule has 0 amide bonds. The van der Waals surface area contributed by atoms with E-state index in [1.807, 2.05) is 12.4 Å². The summed E-state index contributed by atoms with van der Waals surface area (Å²) in [4.78, 5) is 4.23. The number of thiazole rings is 1.